The van der Waals surface area contributed by atoms with Crippen molar-refractivity contribution >= 4 is 5.91 Å². The van der Waals surface area contributed by atoms with Crippen molar-refractivity contribution in [2.75, 3.05) is 13.7 Å². The third-order valence-corrected chi connectivity index (χ3v) is 3.34. The number of hydrogen-bond acceptors (Lipinski definition) is 3. The van der Waals surface area contributed by atoms with Gasteiger partial charge in [0.15, 0.2) is 5.43 Å². The first kappa shape index (κ1) is 11.9. The lowest BCUT2D eigenvalue weighted by Gasteiger charge is -2.40. The van der Waals surface area contributed by atoms with Gasteiger partial charge in [-0.15, -0.1) is 0 Å². The summed E-state index contributed by atoms with van der Waals surface area (Å²) in [4.78, 5) is 25.9. The summed E-state index contributed by atoms with van der Waals surface area (Å²) in [6, 6.07) is 1.34. The van der Waals surface area contributed by atoms with Crippen LogP contribution in [0.4, 0.5) is 0 Å². The molecule has 5 nitrogen and oxygen atoms in total. The van der Waals surface area contributed by atoms with Gasteiger partial charge in [-0.05, 0) is 19.3 Å². The lowest BCUT2D eigenvalue weighted by Crippen LogP contribution is -2.49. The number of pyridine rings is 1. The lowest BCUT2D eigenvalue weighted by atomic mass is 9.80. The second kappa shape index (κ2) is 4.71. The largest absolute Gasteiger partial charge is 0.376 e. The highest BCUT2D eigenvalue weighted by molar-refractivity contribution is 5.93. The predicted octanol–water partition coefficient (Wildman–Crippen LogP) is 0.674. The standard InChI is InChI=1S/C12H16N2O3/c1-17-12(4-2-5-12)8-14-11(16)9-7-13-6-3-10(9)15/h3,6-7H,2,4-5,8H2,1H3,(H,13,15)(H,14,16). The fourth-order valence-electron chi connectivity index (χ4n) is 1.95. The molecule has 92 valence electrons. The maximum atomic E-state index is 11.8. The van der Waals surface area contributed by atoms with E-state index in [1.807, 2.05) is 0 Å². The first-order valence-corrected chi connectivity index (χ1v) is 5.67. The Morgan fingerprint density at radius 1 is 1.59 bits per heavy atom. The Bertz CT molecular complexity index is 457. The zero-order chi connectivity index (χ0) is 12.3. The minimum absolute atomic E-state index is 0.137. The molecule has 1 aromatic rings. The number of aromatic amines is 1. The van der Waals surface area contributed by atoms with Crippen LogP contribution in [0.15, 0.2) is 23.3 Å². The highest BCUT2D eigenvalue weighted by atomic mass is 16.5. The van der Waals surface area contributed by atoms with Gasteiger partial charge in [0.2, 0.25) is 0 Å². The van der Waals surface area contributed by atoms with Crippen LogP contribution >= 0.6 is 0 Å². The molecule has 1 aliphatic rings. The number of hydrogen-bond donors (Lipinski definition) is 2. The summed E-state index contributed by atoms with van der Waals surface area (Å²) in [5, 5.41) is 2.75. The molecule has 0 radical (unpaired) electrons. The number of carbonyl (C=O) groups excluding carboxylic acids is 1. The zero-order valence-corrected chi connectivity index (χ0v) is 9.79. The zero-order valence-electron chi connectivity index (χ0n) is 9.79. The molecular weight excluding hydrogens is 220 g/mol. The third-order valence-electron chi connectivity index (χ3n) is 3.34. The molecule has 0 aliphatic heterocycles. The second-order valence-corrected chi connectivity index (χ2v) is 4.35. The Morgan fingerprint density at radius 2 is 2.35 bits per heavy atom. The van der Waals surface area contributed by atoms with E-state index in [0.717, 1.165) is 19.3 Å². The molecule has 2 rings (SSSR count). The lowest BCUT2D eigenvalue weighted by molar-refractivity contribution is -0.0679. The van der Waals surface area contributed by atoms with Crippen LogP contribution in [0, 0.1) is 0 Å². The number of aromatic nitrogens is 1. The van der Waals surface area contributed by atoms with Gasteiger partial charge in [0.1, 0.15) is 5.56 Å². The molecule has 1 amide bonds. The Labute approximate surface area is 99.2 Å². The summed E-state index contributed by atoms with van der Waals surface area (Å²) >= 11 is 0. The molecule has 2 N–H and O–H groups in total. The summed E-state index contributed by atoms with van der Waals surface area (Å²) in [7, 11) is 1.65. The average molecular weight is 236 g/mol. The molecule has 1 saturated carbocycles. The topological polar surface area (TPSA) is 71.2 Å². The Hall–Kier alpha value is -1.62. The van der Waals surface area contributed by atoms with E-state index < -0.39 is 0 Å². The molecule has 1 heterocycles. The van der Waals surface area contributed by atoms with E-state index in [2.05, 4.69) is 10.3 Å². The summed E-state index contributed by atoms with van der Waals surface area (Å²) < 4.78 is 5.39. The Kier molecular flexibility index (Phi) is 3.28. The highest BCUT2D eigenvalue weighted by Gasteiger charge is 2.37. The van der Waals surface area contributed by atoms with Gasteiger partial charge in [0.25, 0.3) is 5.91 Å². The van der Waals surface area contributed by atoms with Gasteiger partial charge in [-0.25, -0.2) is 0 Å². The third kappa shape index (κ3) is 2.39. The van der Waals surface area contributed by atoms with Crippen LogP contribution in [0.1, 0.15) is 29.6 Å². The molecule has 5 heteroatoms. The first-order chi connectivity index (χ1) is 8.17. The van der Waals surface area contributed by atoms with Gasteiger partial charge in [-0.2, -0.15) is 0 Å². The molecule has 0 spiro atoms. The fourth-order valence-corrected chi connectivity index (χ4v) is 1.95. The van der Waals surface area contributed by atoms with Crippen molar-refractivity contribution in [2.45, 2.75) is 24.9 Å². The quantitative estimate of drug-likeness (QED) is 0.807. The number of rotatable bonds is 4. The van der Waals surface area contributed by atoms with Crippen molar-refractivity contribution in [3.8, 4) is 0 Å². The summed E-state index contributed by atoms with van der Waals surface area (Å²) in [5.41, 5.74) is -0.364. The highest BCUT2D eigenvalue weighted by Crippen LogP contribution is 2.34. The van der Waals surface area contributed by atoms with Crippen molar-refractivity contribution in [2.24, 2.45) is 0 Å². The Balaban J connectivity index is 1.98. The molecule has 1 aromatic heterocycles. The van der Waals surface area contributed by atoms with E-state index in [1.54, 1.807) is 7.11 Å². The average Bonchev–Trinajstić information content (AvgIpc) is 2.28. The van der Waals surface area contributed by atoms with Crippen molar-refractivity contribution in [1.29, 1.82) is 0 Å². The minimum atomic E-state index is -0.352. The van der Waals surface area contributed by atoms with E-state index in [1.165, 1.54) is 18.5 Å². The molecule has 0 bridgehead atoms. The van der Waals surface area contributed by atoms with Gasteiger partial charge in [0.05, 0.1) is 5.60 Å². The number of methoxy groups -OCH3 is 1. The first-order valence-electron chi connectivity index (χ1n) is 5.67. The SMILES string of the molecule is COC1(CNC(=O)c2c[nH]ccc2=O)CCC1. The van der Waals surface area contributed by atoms with E-state index in [9.17, 15) is 9.59 Å². The van der Waals surface area contributed by atoms with Gasteiger partial charge >= 0.3 is 0 Å². The van der Waals surface area contributed by atoms with Gasteiger partial charge < -0.3 is 15.0 Å². The molecule has 0 aromatic carbocycles. The van der Waals surface area contributed by atoms with E-state index in [4.69, 9.17) is 4.74 Å². The van der Waals surface area contributed by atoms with Gasteiger partial charge in [-0.3, -0.25) is 9.59 Å². The monoisotopic (exact) mass is 236 g/mol. The smallest absolute Gasteiger partial charge is 0.256 e. The number of nitrogens with one attached hydrogen (secondary N) is 2. The summed E-state index contributed by atoms with van der Waals surface area (Å²) in [6.45, 7) is 0.455. The molecule has 0 saturated heterocycles. The fraction of sp³-hybridized carbons (Fsp3) is 0.500. The normalized spacial score (nSPS) is 17.2. The number of amides is 1. The van der Waals surface area contributed by atoms with Crippen molar-refractivity contribution < 1.29 is 9.53 Å². The molecule has 17 heavy (non-hydrogen) atoms. The number of ether oxygens (including phenoxy) is 1. The van der Waals surface area contributed by atoms with Crippen LogP contribution in [0.25, 0.3) is 0 Å². The van der Waals surface area contributed by atoms with Crippen molar-refractivity contribution in [1.82, 2.24) is 10.3 Å². The molecule has 0 atom stereocenters. The van der Waals surface area contributed by atoms with Crippen molar-refractivity contribution in [3.05, 3.63) is 34.2 Å². The number of carbonyl (C=O) groups is 1. The Morgan fingerprint density at radius 3 is 2.88 bits per heavy atom. The van der Waals surface area contributed by atoms with Crippen LogP contribution in [0.3, 0.4) is 0 Å². The maximum Gasteiger partial charge on any atom is 0.256 e. The van der Waals surface area contributed by atoms with Gasteiger partial charge in [-0.1, -0.05) is 0 Å². The van der Waals surface area contributed by atoms with Crippen LogP contribution in [0.5, 0.6) is 0 Å². The van der Waals surface area contributed by atoms with Crippen LogP contribution in [-0.2, 0) is 4.74 Å². The summed E-state index contributed by atoms with van der Waals surface area (Å²) in [5.74, 6) is -0.352. The van der Waals surface area contributed by atoms with Crippen LogP contribution in [0.2, 0.25) is 0 Å². The molecule has 1 aliphatic carbocycles. The predicted molar refractivity (Wildman–Crippen MR) is 63.0 cm³/mol. The maximum absolute atomic E-state index is 11.8. The van der Waals surface area contributed by atoms with E-state index in [0.29, 0.717) is 6.54 Å². The van der Waals surface area contributed by atoms with Crippen LogP contribution < -0.4 is 10.7 Å². The summed E-state index contributed by atoms with van der Waals surface area (Å²) in [6.07, 6.45) is 5.94. The van der Waals surface area contributed by atoms with E-state index >= 15 is 0 Å². The minimum Gasteiger partial charge on any atom is -0.376 e. The number of H-pyrrole nitrogens is 1. The van der Waals surface area contributed by atoms with Crippen molar-refractivity contribution in [3.63, 3.8) is 0 Å². The molecular formula is C12H16N2O3. The second-order valence-electron chi connectivity index (χ2n) is 4.35. The molecule has 0 unspecified atom stereocenters. The molecule has 1 fully saturated rings. The van der Waals surface area contributed by atoms with Crippen LogP contribution in [-0.4, -0.2) is 30.1 Å². The van der Waals surface area contributed by atoms with E-state index in [-0.39, 0.29) is 22.5 Å². The van der Waals surface area contributed by atoms with Gasteiger partial charge in [0, 0.05) is 32.1 Å².